The van der Waals surface area contributed by atoms with E-state index in [9.17, 15) is 13.2 Å². The van der Waals surface area contributed by atoms with E-state index in [1.54, 1.807) is 36.4 Å². The Labute approximate surface area is 185 Å². The van der Waals surface area contributed by atoms with Crippen molar-refractivity contribution in [1.82, 2.24) is 5.32 Å². The lowest BCUT2D eigenvalue weighted by molar-refractivity contribution is -0.128. The van der Waals surface area contributed by atoms with Crippen LogP contribution in [0.3, 0.4) is 0 Å². The SMILES string of the molecule is CCC[C@H](C)NC(=O)[C@@H]1CN(S(=O)(=O)c2ccccc2)c2cc(C(C)(C)C)ccc2O1. The van der Waals surface area contributed by atoms with Gasteiger partial charge in [0.1, 0.15) is 5.75 Å². The molecule has 7 heteroatoms. The number of anilines is 1. The molecule has 0 aliphatic carbocycles. The minimum atomic E-state index is -3.87. The van der Waals surface area contributed by atoms with E-state index in [2.05, 4.69) is 33.0 Å². The molecule has 0 saturated carbocycles. The van der Waals surface area contributed by atoms with E-state index in [-0.39, 0.29) is 28.8 Å². The molecular weight excluding hydrogens is 412 g/mol. The number of hydrogen-bond acceptors (Lipinski definition) is 4. The highest BCUT2D eigenvalue weighted by molar-refractivity contribution is 7.92. The van der Waals surface area contributed by atoms with Gasteiger partial charge in [-0.1, -0.05) is 58.4 Å². The van der Waals surface area contributed by atoms with Crippen LogP contribution in [0.2, 0.25) is 0 Å². The number of carbonyl (C=O) groups excluding carboxylic acids is 1. The Hall–Kier alpha value is -2.54. The van der Waals surface area contributed by atoms with E-state index in [1.165, 1.54) is 4.31 Å². The highest BCUT2D eigenvalue weighted by Crippen LogP contribution is 2.40. The molecule has 3 rings (SSSR count). The van der Waals surface area contributed by atoms with Crippen LogP contribution in [-0.2, 0) is 20.2 Å². The predicted molar refractivity (Wildman–Crippen MR) is 123 cm³/mol. The number of carbonyl (C=O) groups is 1. The zero-order valence-electron chi connectivity index (χ0n) is 18.9. The number of fused-ring (bicyclic) bond motifs is 1. The molecule has 1 heterocycles. The van der Waals surface area contributed by atoms with Crippen LogP contribution < -0.4 is 14.4 Å². The molecule has 0 saturated heterocycles. The molecule has 2 aromatic carbocycles. The molecular formula is C24H32N2O4S. The van der Waals surface area contributed by atoms with Crippen molar-refractivity contribution in [2.45, 2.75) is 69.9 Å². The van der Waals surface area contributed by atoms with Gasteiger partial charge >= 0.3 is 0 Å². The summed E-state index contributed by atoms with van der Waals surface area (Å²) in [6.07, 6.45) is 0.862. The fourth-order valence-corrected chi connectivity index (χ4v) is 5.13. The van der Waals surface area contributed by atoms with Gasteiger partial charge in [0.05, 0.1) is 17.1 Å². The molecule has 0 fully saturated rings. The van der Waals surface area contributed by atoms with Crippen molar-refractivity contribution in [3.63, 3.8) is 0 Å². The van der Waals surface area contributed by atoms with Crippen molar-refractivity contribution < 1.29 is 17.9 Å². The standard InChI is InChI=1S/C24H32N2O4S/c1-6-10-17(2)25-23(27)22-16-26(31(28,29)19-11-8-7-9-12-19)20-15-18(24(3,4)5)13-14-21(20)30-22/h7-9,11-15,17,22H,6,10,16H2,1-5H3,(H,25,27)/t17-,22-/m0/s1. The summed E-state index contributed by atoms with van der Waals surface area (Å²) in [6, 6.07) is 13.8. The third kappa shape index (κ3) is 5.03. The average molecular weight is 445 g/mol. The van der Waals surface area contributed by atoms with E-state index in [0.29, 0.717) is 11.4 Å². The van der Waals surface area contributed by atoms with Crippen LogP contribution >= 0.6 is 0 Å². The number of hydrogen-bond donors (Lipinski definition) is 1. The summed E-state index contributed by atoms with van der Waals surface area (Å²) in [4.78, 5) is 13.1. The maximum Gasteiger partial charge on any atom is 0.264 e. The summed E-state index contributed by atoms with van der Waals surface area (Å²) in [5.74, 6) is 0.0850. The van der Waals surface area contributed by atoms with Crippen molar-refractivity contribution in [2.24, 2.45) is 0 Å². The zero-order chi connectivity index (χ0) is 22.8. The number of sulfonamides is 1. The lowest BCUT2D eigenvalue weighted by Crippen LogP contribution is -2.52. The van der Waals surface area contributed by atoms with Gasteiger partial charge in [0, 0.05) is 6.04 Å². The van der Waals surface area contributed by atoms with Crippen LogP contribution in [0.1, 0.15) is 53.0 Å². The first-order valence-electron chi connectivity index (χ1n) is 10.7. The van der Waals surface area contributed by atoms with Gasteiger partial charge in [0.25, 0.3) is 15.9 Å². The fraction of sp³-hybridized carbons (Fsp3) is 0.458. The molecule has 1 aliphatic heterocycles. The molecule has 31 heavy (non-hydrogen) atoms. The Morgan fingerprint density at radius 3 is 2.48 bits per heavy atom. The second-order valence-electron chi connectivity index (χ2n) is 9.09. The topological polar surface area (TPSA) is 75.7 Å². The second-order valence-corrected chi connectivity index (χ2v) is 10.9. The smallest absolute Gasteiger partial charge is 0.264 e. The van der Waals surface area contributed by atoms with Crippen molar-refractivity contribution in [3.8, 4) is 5.75 Å². The molecule has 1 aliphatic rings. The Balaban J connectivity index is 2.04. The first kappa shape index (κ1) is 23.1. The lowest BCUT2D eigenvalue weighted by Gasteiger charge is -2.36. The minimum absolute atomic E-state index is 0.00931. The van der Waals surface area contributed by atoms with E-state index in [4.69, 9.17) is 4.74 Å². The second kappa shape index (κ2) is 8.91. The third-order valence-electron chi connectivity index (χ3n) is 5.43. The Kier molecular flexibility index (Phi) is 6.65. The summed E-state index contributed by atoms with van der Waals surface area (Å²) in [7, 11) is -3.87. The summed E-state index contributed by atoms with van der Waals surface area (Å²) in [5, 5.41) is 2.94. The van der Waals surface area contributed by atoms with Gasteiger partial charge in [-0.3, -0.25) is 9.10 Å². The van der Waals surface area contributed by atoms with Crippen molar-refractivity contribution in [3.05, 3.63) is 54.1 Å². The Bertz CT molecular complexity index is 1030. The molecule has 0 aromatic heterocycles. The molecule has 6 nitrogen and oxygen atoms in total. The predicted octanol–water partition coefficient (Wildman–Crippen LogP) is 4.25. The van der Waals surface area contributed by atoms with E-state index in [0.717, 1.165) is 18.4 Å². The minimum Gasteiger partial charge on any atom is -0.476 e. The monoisotopic (exact) mass is 444 g/mol. The van der Waals surface area contributed by atoms with Crippen molar-refractivity contribution >= 4 is 21.6 Å². The maximum absolute atomic E-state index is 13.5. The highest BCUT2D eigenvalue weighted by Gasteiger charge is 2.38. The average Bonchev–Trinajstić information content (AvgIpc) is 2.72. The van der Waals surface area contributed by atoms with E-state index in [1.807, 2.05) is 19.1 Å². The molecule has 168 valence electrons. The number of nitrogens with zero attached hydrogens (tertiary/aromatic N) is 1. The van der Waals surface area contributed by atoms with E-state index < -0.39 is 16.1 Å². The van der Waals surface area contributed by atoms with Crippen LogP contribution in [0.5, 0.6) is 5.75 Å². The molecule has 2 atom stereocenters. The first-order valence-corrected chi connectivity index (χ1v) is 12.2. The molecule has 1 amide bonds. The number of nitrogens with one attached hydrogen (secondary N) is 1. The van der Waals surface area contributed by atoms with Crippen LogP contribution in [-0.4, -0.2) is 33.0 Å². The van der Waals surface area contributed by atoms with Gasteiger partial charge in [-0.2, -0.15) is 0 Å². The Morgan fingerprint density at radius 1 is 1.19 bits per heavy atom. The lowest BCUT2D eigenvalue weighted by atomic mass is 9.86. The molecule has 1 N–H and O–H groups in total. The normalized spacial score (nSPS) is 17.5. The van der Waals surface area contributed by atoms with Gasteiger partial charge in [-0.05, 0) is 48.6 Å². The van der Waals surface area contributed by atoms with Gasteiger partial charge in [0.2, 0.25) is 0 Å². The fourth-order valence-electron chi connectivity index (χ4n) is 3.64. The summed E-state index contributed by atoms with van der Waals surface area (Å²) in [5.41, 5.74) is 1.28. The van der Waals surface area contributed by atoms with Gasteiger partial charge in [0.15, 0.2) is 6.10 Å². The maximum atomic E-state index is 13.5. The number of ether oxygens (including phenoxy) is 1. The third-order valence-corrected chi connectivity index (χ3v) is 7.22. The van der Waals surface area contributed by atoms with Gasteiger partial charge in [-0.15, -0.1) is 0 Å². The summed E-state index contributed by atoms with van der Waals surface area (Å²) < 4.78 is 34.4. The number of benzene rings is 2. The van der Waals surface area contributed by atoms with Gasteiger partial charge < -0.3 is 10.1 Å². The van der Waals surface area contributed by atoms with E-state index >= 15 is 0 Å². The van der Waals surface area contributed by atoms with Crippen LogP contribution in [0.15, 0.2) is 53.4 Å². The molecule has 0 radical (unpaired) electrons. The number of amides is 1. The molecule has 0 spiro atoms. The summed E-state index contributed by atoms with van der Waals surface area (Å²) >= 11 is 0. The Morgan fingerprint density at radius 2 is 1.87 bits per heavy atom. The van der Waals surface area contributed by atoms with Crippen LogP contribution in [0.25, 0.3) is 0 Å². The summed E-state index contributed by atoms with van der Waals surface area (Å²) in [6.45, 7) is 10.1. The van der Waals surface area contributed by atoms with Crippen molar-refractivity contribution in [1.29, 1.82) is 0 Å². The van der Waals surface area contributed by atoms with Gasteiger partial charge in [-0.25, -0.2) is 8.42 Å². The van der Waals surface area contributed by atoms with Crippen molar-refractivity contribution in [2.75, 3.05) is 10.8 Å². The molecule has 2 aromatic rings. The first-order chi connectivity index (χ1) is 14.5. The molecule has 0 unspecified atom stereocenters. The quantitative estimate of drug-likeness (QED) is 0.723. The highest BCUT2D eigenvalue weighted by atomic mass is 32.2. The van der Waals surface area contributed by atoms with Crippen LogP contribution in [0, 0.1) is 0 Å². The largest absolute Gasteiger partial charge is 0.476 e. The number of rotatable bonds is 6. The van der Waals surface area contributed by atoms with Crippen LogP contribution in [0.4, 0.5) is 5.69 Å². The zero-order valence-corrected chi connectivity index (χ0v) is 19.7. The molecule has 0 bridgehead atoms.